The van der Waals surface area contributed by atoms with E-state index in [0.29, 0.717) is 12.1 Å². The summed E-state index contributed by atoms with van der Waals surface area (Å²) in [5, 5.41) is 3.01. The lowest BCUT2D eigenvalue weighted by molar-refractivity contribution is -0.274. The van der Waals surface area contributed by atoms with Crippen molar-refractivity contribution >= 4 is 10.1 Å². The third-order valence-electron chi connectivity index (χ3n) is 1.75. The van der Waals surface area contributed by atoms with Gasteiger partial charge in [0.1, 0.15) is 11.5 Å². The molecule has 0 spiro atoms. The summed E-state index contributed by atoms with van der Waals surface area (Å²) >= 11 is 0. The molecule has 18 heavy (non-hydrogen) atoms. The van der Waals surface area contributed by atoms with Crippen LogP contribution in [0.25, 0.3) is 0 Å². The number of ether oxygens (including phenoxy) is 1. The van der Waals surface area contributed by atoms with Gasteiger partial charge in [-0.05, 0) is 24.3 Å². The number of benzene rings is 1. The molecule has 0 aliphatic heterocycles. The first-order chi connectivity index (χ1) is 7.97. The highest BCUT2D eigenvalue weighted by atomic mass is 32.2. The fourth-order valence-corrected chi connectivity index (χ4v) is 1.21. The van der Waals surface area contributed by atoms with Crippen molar-refractivity contribution in [1.29, 1.82) is 0 Å². The predicted octanol–water partition coefficient (Wildman–Crippen LogP) is 1.84. The van der Waals surface area contributed by atoms with Crippen LogP contribution in [0.1, 0.15) is 0 Å². The fraction of sp³-hybridized carbons (Fsp3) is 0.250. The first-order valence-corrected chi connectivity index (χ1v) is 5.62. The number of phenolic OH excluding ortho intramolecular Hbond substituents is 1. The van der Waals surface area contributed by atoms with Gasteiger partial charge in [-0.2, -0.15) is 26.0 Å². The standard InChI is InChI=1S/C8H6F4O5S/c9-7(10,8(11,12)18(14,15)16)17-6-3-1-5(13)2-4-6/h1-4,13H,(H,14,15,16). The molecule has 10 heteroatoms. The molecule has 0 heterocycles. The summed E-state index contributed by atoms with van der Waals surface area (Å²) in [6.07, 6.45) is -5.47. The Morgan fingerprint density at radius 1 is 1.06 bits per heavy atom. The maximum Gasteiger partial charge on any atom is 0.483 e. The molecule has 0 saturated heterocycles. The molecule has 0 radical (unpaired) electrons. The van der Waals surface area contributed by atoms with Gasteiger partial charge in [-0.25, -0.2) is 0 Å². The van der Waals surface area contributed by atoms with Gasteiger partial charge >= 0.3 is 21.5 Å². The van der Waals surface area contributed by atoms with E-state index >= 15 is 0 Å². The molecule has 0 atom stereocenters. The van der Waals surface area contributed by atoms with Gasteiger partial charge in [0.15, 0.2) is 0 Å². The van der Waals surface area contributed by atoms with E-state index in [4.69, 9.17) is 9.66 Å². The van der Waals surface area contributed by atoms with Gasteiger partial charge < -0.3 is 9.84 Å². The second kappa shape index (κ2) is 4.28. The molecule has 1 rings (SSSR count). The van der Waals surface area contributed by atoms with Gasteiger partial charge in [0.05, 0.1) is 0 Å². The topological polar surface area (TPSA) is 83.8 Å². The molecule has 0 saturated carbocycles. The maximum atomic E-state index is 12.9. The number of halogens is 4. The monoisotopic (exact) mass is 290 g/mol. The zero-order valence-corrected chi connectivity index (χ0v) is 9.17. The molecule has 0 aliphatic rings. The molecule has 1 aromatic carbocycles. The SMILES string of the molecule is O=S(=O)(O)C(F)(F)C(F)(F)Oc1ccc(O)cc1. The second-order valence-corrected chi connectivity index (χ2v) is 4.57. The second-order valence-electron chi connectivity index (χ2n) is 3.10. The number of rotatable bonds is 4. The molecule has 0 aromatic heterocycles. The van der Waals surface area contributed by atoms with Crippen LogP contribution < -0.4 is 4.74 Å². The average Bonchev–Trinajstić information content (AvgIpc) is 2.19. The molecule has 0 unspecified atom stereocenters. The number of hydrogen-bond donors (Lipinski definition) is 2. The summed E-state index contributed by atoms with van der Waals surface area (Å²) in [7, 11) is -6.35. The van der Waals surface area contributed by atoms with E-state index in [1.165, 1.54) is 0 Å². The quantitative estimate of drug-likeness (QED) is 0.653. The average molecular weight is 290 g/mol. The van der Waals surface area contributed by atoms with Crippen LogP contribution in [0.3, 0.4) is 0 Å². The first kappa shape index (κ1) is 14.5. The van der Waals surface area contributed by atoms with Crippen LogP contribution in [0, 0.1) is 0 Å². The Morgan fingerprint density at radius 3 is 1.89 bits per heavy atom. The van der Waals surface area contributed by atoms with Gasteiger partial charge in [0.25, 0.3) is 0 Å². The van der Waals surface area contributed by atoms with Gasteiger partial charge in [0.2, 0.25) is 0 Å². The van der Waals surface area contributed by atoms with Crippen molar-refractivity contribution in [3.63, 3.8) is 0 Å². The first-order valence-electron chi connectivity index (χ1n) is 4.18. The molecule has 0 aliphatic carbocycles. The summed E-state index contributed by atoms with van der Waals surface area (Å²) in [6, 6.07) is 3.14. The van der Waals surface area contributed by atoms with Crippen LogP contribution in [0.2, 0.25) is 0 Å². The molecule has 102 valence electrons. The van der Waals surface area contributed by atoms with E-state index in [-0.39, 0.29) is 5.75 Å². The molecule has 5 nitrogen and oxygen atoms in total. The third-order valence-corrected chi connectivity index (χ3v) is 2.63. The largest absolute Gasteiger partial charge is 0.508 e. The summed E-state index contributed by atoms with van der Waals surface area (Å²) in [6.45, 7) is 0. The Hall–Kier alpha value is -1.55. The molecule has 1 aromatic rings. The highest BCUT2D eigenvalue weighted by Crippen LogP contribution is 2.39. The summed E-state index contributed by atoms with van der Waals surface area (Å²) in [4.78, 5) is 0. The number of phenols is 1. The van der Waals surface area contributed by atoms with Crippen LogP contribution in [-0.2, 0) is 10.1 Å². The smallest absolute Gasteiger partial charge is 0.483 e. The van der Waals surface area contributed by atoms with Crippen molar-refractivity contribution in [3.8, 4) is 11.5 Å². The number of hydrogen-bond acceptors (Lipinski definition) is 4. The number of alkyl halides is 4. The summed E-state index contributed by atoms with van der Waals surface area (Å²) < 4.78 is 83.1. The minimum Gasteiger partial charge on any atom is -0.508 e. The lowest BCUT2D eigenvalue weighted by Gasteiger charge is -2.23. The minimum atomic E-state index is -6.35. The van der Waals surface area contributed by atoms with E-state index in [9.17, 15) is 26.0 Å². The minimum absolute atomic E-state index is 0.341. The van der Waals surface area contributed by atoms with Crippen molar-refractivity contribution in [3.05, 3.63) is 24.3 Å². The number of aromatic hydroxyl groups is 1. The Kier molecular flexibility index (Phi) is 3.45. The Labute approximate surface area is 98.4 Å². The van der Waals surface area contributed by atoms with Crippen molar-refractivity contribution in [2.75, 3.05) is 0 Å². The highest BCUT2D eigenvalue weighted by Gasteiger charge is 2.69. The lowest BCUT2D eigenvalue weighted by Crippen LogP contribution is -2.50. The van der Waals surface area contributed by atoms with Crippen molar-refractivity contribution in [2.24, 2.45) is 0 Å². The van der Waals surface area contributed by atoms with Crippen LogP contribution >= 0.6 is 0 Å². The van der Waals surface area contributed by atoms with E-state index in [1.807, 2.05) is 0 Å². The third kappa shape index (κ3) is 2.64. The van der Waals surface area contributed by atoms with Gasteiger partial charge in [0, 0.05) is 0 Å². The summed E-state index contributed by atoms with van der Waals surface area (Å²) in [5.74, 6) is -1.16. The van der Waals surface area contributed by atoms with E-state index < -0.39 is 27.2 Å². The maximum absolute atomic E-state index is 12.9. The normalized spacial score (nSPS) is 13.4. The highest BCUT2D eigenvalue weighted by molar-refractivity contribution is 7.86. The van der Waals surface area contributed by atoms with Gasteiger partial charge in [-0.3, -0.25) is 4.55 Å². The van der Waals surface area contributed by atoms with E-state index in [0.717, 1.165) is 12.1 Å². The molecule has 0 fully saturated rings. The van der Waals surface area contributed by atoms with Crippen LogP contribution in [0.15, 0.2) is 24.3 Å². The predicted molar refractivity (Wildman–Crippen MR) is 50.2 cm³/mol. The molecule has 2 N–H and O–H groups in total. The summed E-state index contributed by atoms with van der Waals surface area (Å²) in [5.41, 5.74) is 0. The zero-order chi connectivity index (χ0) is 14.2. The fourth-order valence-electron chi connectivity index (χ4n) is 0.872. The Bertz CT molecular complexity index is 525. The molecule has 0 amide bonds. The van der Waals surface area contributed by atoms with Crippen molar-refractivity contribution in [2.45, 2.75) is 11.4 Å². The van der Waals surface area contributed by atoms with Crippen molar-refractivity contribution in [1.82, 2.24) is 0 Å². The molecule has 0 bridgehead atoms. The van der Waals surface area contributed by atoms with E-state index in [2.05, 4.69) is 4.74 Å². The lowest BCUT2D eigenvalue weighted by atomic mass is 10.3. The van der Waals surface area contributed by atoms with Crippen LogP contribution in [0.5, 0.6) is 11.5 Å². The van der Waals surface area contributed by atoms with Gasteiger partial charge in [-0.1, -0.05) is 0 Å². The van der Waals surface area contributed by atoms with Crippen molar-refractivity contribution < 1.29 is 40.4 Å². The molecular weight excluding hydrogens is 284 g/mol. The molecular formula is C8H6F4O5S. The Morgan fingerprint density at radius 2 is 1.50 bits per heavy atom. The zero-order valence-electron chi connectivity index (χ0n) is 8.35. The Balaban J connectivity index is 3.05. The van der Waals surface area contributed by atoms with Crippen LogP contribution in [0.4, 0.5) is 17.6 Å². The van der Waals surface area contributed by atoms with Crippen LogP contribution in [-0.4, -0.2) is 29.4 Å². The van der Waals surface area contributed by atoms with Gasteiger partial charge in [-0.15, -0.1) is 0 Å². The van der Waals surface area contributed by atoms with E-state index in [1.54, 1.807) is 0 Å².